The summed E-state index contributed by atoms with van der Waals surface area (Å²) < 4.78 is 95.5. The molecule has 0 aliphatic heterocycles. The number of nitrogens with zero attached hydrogens (tertiary/aromatic N) is 5. The summed E-state index contributed by atoms with van der Waals surface area (Å²) in [5.41, 5.74) is 3.04. The van der Waals surface area contributed by atoms with Gasteiger partial charge in [-0.05, 0) is 84.1 Å². The zero-order valence-electron chi connectivity index (χ0n) is 32.1. The number of halogens is 3. The Kier molecular flexibility index (Phi) is 12.4. The molecule has 8 aromatic rings. The largest absolute Gasteiger partial charge is 0.573 e. The van der Waals surface area contributed by atoms with Gasteiger partial charge in [0.05, 0.1) is 36.8 Å². The van der Waals surface area contributed by atoms with Crippen molar-refractivity contribution < 1.29 is 44.3 Å². The zero-order chi connectivity index (χ0) is 44.1. The van der Waals surface area contributed by atoms with Crippen molar-refractivity contribution in [1.29, 1.82) is 0 Å². The van der Waals surface area contributed by atoms with Crippen LogP contribution in [0.25, 0.3) is 15.7 Å². The molecular formula is C42H32F3N7O7S3. The van der Waals surface area contributed by atoms with E-state index in [0.717, 1.165) is 27.8 Å². The van der Waals surface area contributed by atoms with Crippen LogP contribution in [0.15, 0.2) is 160 Å². The molecule has 0 fully saturated rings. The molecule has 5 heterocycles. The van der Waals surface area contributed by atoms with Crippen LogP contribution < -0.4 is 15.4 Å². The SMILES string of the molecule is Cc1cncc(S(=O)(=O)c2ccc(CNC(=O)c3cc4ccncc4s3)cc2)n1.O=C(NCc1ccc(S(=O)(=O)c2ccccc2OC(F)(F)F)cc1)c1ccc2nccn2c1. The van der Waals surface area contributed by atoms with Crippen LogP contribution in [0.1, 0.15) is 36.9 Å². The van der Waals surface area contributed by atoms with Gasteiger partial charge in [-0.25, -0.2) is 26.8 Å². The number of aryl methyl sites for hydroxylation is 1. The maximum Gasteiger partial charge on any atom is 0.573 e. The molecule has 0 saturated heterocycles. The van der Waals surface area contributed by atoms with Crippen LogP contribution in [0, 0.1) is 6.92 Å². The average molecular weight is 900 g/mol. The van der Waals surface area contributed by atoms with Crippen molar-refractivity contribution in [2.45, 2.75) is 46.1 Å². The third-order valence-corrected chi connectivity index (χ3v) is 13.5. The first-order valence-electron chi connectivity index (χ1n) is 18.2. The van der Waals surface area contributed by atoms with Gasteiger partial charge in [-0.1, -0.05) is 36.4 Å². The smallest absolute Gasteiger partial charge is 0.404 e. The second kappa shape index (κ2) is 17.9. The van der Waals surface area contributed by atoms with Gasteiger partial charge in [0.1, 0.15) is 16.3 Å². The summed E-state index contributed by atoms with van der Waals surface area (Å²) in [5, 5.41) is 6.47. The predicted molar refractivity (Wildman–Crippen MR) is 221 cm³/mol. The van der Waals surface area contributed by atoms with Crippen molar-refractivity contribution in [2.75, 3.05) is 0 Å². The minimum Gasteiger partial charge on any atom is -0.404 e. The highest BCUT2D eigenvalue weighted by Crippen LogP contribution is 2.33. The van der Waals surface area contributed by atoms with Crippen molar-refractivity contribution in [1.82, 2.24) is 35.0 Å². The number of thiophene rings is 1. The summed E-state index contributed by atoms with van der Waals surface area (Å²) in [6.45, 7) is 2.09. The number of hydrogen-bond acceptors (Lipinski definition) is 12. The molecule has 0 spiro atoms. The van der Waals surface area contributed by atoms with E-state index in [2.05, 4.69) is 35.3 Å². The molecule has 2 amide bonds. The van der Waals surface area contributed by atoms with Crippen molar-refractivity contribution in [3.05, 3.63) is 168 Å². The third-order valence-electron chi connectivity index (χ3n) is 8.94. The van der Waals surface area contributed by atoms with Gasteiger partial charge >= 0.3 is 6.36 Å². The van der Waals surface area contributed by atoms with Gasteiger partial charge in [0, 0.05) is 50.3 Å². The van der Waals surface area contributed by atoms with Gasteiger partial charge in [-0.2, -0.15) is 0 Å². The molecule has 62 heavy (non-hydrogen) atoms. The van der Waals surface area contributed by atoms with E-state index < -0.39 is 36.7 Å². The number of rotatable bonds is 11. The first-order valence-corrected chi connectivity index (χ1v) is 22.0. The summed E-state index contributed by atoms with van der Waals surface area (Å²) >= 11 is 1.38. The molecule has 0 bridgehead atoms. The van der Waals surface area contributed by atoms with E-state index >= 15 is 0 Å². The number of imidazole rings is 1. The minimum absolute atomic E-state index is 0.0854. The molecule has 14 nitrogen and oxygen atoms in total. The Labute approximate surface area is 356 Å². The monoisotopic (exact) mass is 899 g/mol. The van der Waals surface area contributed by atoms with Gasteiger partial charge in [0.25, 0.3) is 11.8 Å². The molecular weight excluding hydrogens is 868 g/mol. The molecule has 0 saturated carbocycles. The van der Waals surface area contributed by atoms with Gasteiger partial charge in [-0.3, -0.25) is 19.6 Å². The number of sulfone groups is 2. The predicted octanol–water partition coefficient (Wildman–Crippen LogP) is 7.15. The summed E-state index contributed by atoms with van der Waals surface area (Å²) in [6.07, 6.45) is 6.07. The lowest BCUT2D eigenvalue weighted by atomic mass is 10.2. The molecule has 0 radical (unpaired) electrons. The molecule has 0 aliphatic carbocycles. The molecule has 8 rings (SSSR count). The second-order valence-electron chi connectivity index (χ2n) is 13.3. The highest BCUT2D eigenvalue weighted by molar-refractivity contribution is 7.91. The van der Waals surface area contributed by atoms with Crippen molar-refractivity contribution in [3.63, 3.8) is 0 Å². The molecule has 2 N–H and O–H groups in total. The summed E-state index contributed by atoms with van der Waals surface area (Å²) in [6, 6.07) is 23.4. The summed E-state index contributed by atoms with van der Waals surface area (Å²) in [7, 11) is -8.00. The molecule has 0 aliphatic rings. The number of aromatic nitrogens is 5. The molecule has 316 valence electrons. The number of fused-ring (bicyclic) bond motifs is 2. The third kappa shape index (κ3) is 10.1. The lowest BCUT2D eigenvalue weighted by Gasteiger charge is -2.13. The fourth-order valence-electron chi connectivity index (χ4n) is 5.88. The highest BCUT2D eigenvalue weighted by atomic mass is 32.2. The number of ether oxygens (including phenoxy) is 1. The lowest BCUT2D eigenvalue weighted by Crippen LogP contribution is -2.23. The molecule has 5 aromatic heterocycles. The van der Waals surface area contributed by atoms with Crippen LogP contribution in [0.5, 0.6) is 5.75 Å². The van der Waals surface area contributed by atoms with E-state index in [9.17, 15) is 39.6 Å². The van der Waals surface area contributed by atoms with E-state index in [4.69, 9.17) is 0 Å². The average Bonchev–Trinajstić information content (AvgIpc) is 3.92. The quantitative estimate of drug-likeness (QED) is 0.134. The number of carbonyl (C=O) groups excluding carboxylic acids is 2. The van der Waals surface area contributed by atoms with E-state index in [1.807, 2.05) is 12.1 Å². The molecule has 3 aromatic carbocycles. The van der Waals surface area contributed by atoms with Crippen LogP contribution in [0.3, 0.4) is 0 Å². The second-order valence-corrected chi connectivity index (χ2v) is 18.2. The topological polar surface area (TPSA) is 192 Å². The minimum atomic E-state index is -5.03. The normalized spacial score (nSPS) is 11.7. The van der Waals surface area contributed by atoms with E-state index in [1.165, 1.54) is 72.3 Å². The first kappa shape index (κ1) is 43.1. The Bertz CT molecular complexity index is 3110. The highest BCUT2D eigenvalue weighted by Gasteiger charge is 2.34. The van der Waals surface area contributed by atoms with E-state index in [0.29, 0.717) is 27.3 Å². The summed E-state index contributed by atoms with van der Waals surface area (Å²) in [4.78, 5) is 40.8. The number of benzene rings is 3. The standard InChI is InChI=1S/C22H16F3N3O4S.C20H16N4O3S2/c23-22(24,25)32-18-3-1-2-4-19(18)33(30,31)17-8-5-15(6-9-17)13-27-21(29)16-7-10-20-26-11-12-28(20)14-16;1-13-9-22-12-19(24-13)29(26,27)16-4-2-14(3-5-16)10-23-20(25)17-8-15-6-7-21-11-18(15)28-17/h1-12,14H,13H2,(H,27,29);2-9,11-12H,10H2,1H3,(H,23,25). The fraction of sp³-hybridized carbons (Fsp3) is 0.0952. The van der Waals surface area contributed by atoms with E-state index in [1.54, 1.807) is 66.6 Å². The Morgan fingerprint density at radius 1 is 0.758 bits per heavy atom. The Balaban J connectivity index is 0.000000188. The summed E-state index contributed by atoms with van der Waals surface area (Å²) in [5.74, 6) is -1.32. The molecule has 20 heteroatoms. The molecule has 0 atom stereocenters. The van der Waals surface area contributed by atoms with Crippen LogP contribution in [-0.2, 0) is 32.8 Å². The Morgan fingerprint density at radius 3 is 2.08 bits per heavy atom. The number of hydrogen-bond donors (Lipinski definition) is 2. The van der Waals surface area contributed by atoms with Crippen molar-refractivity contribution in [2.24, 2.45) is 0 Å². The fourth-order valence-corrected chi connectivity index (χ4v) is 9.40. The Morgan fingerprint density at radius 2 is 1.42 bits per heavy atom. The van der Waals surface area contributed by atoms with E-state index in [-0.39, 0.29) is 39.7 Å². The van der Waals surface area contributed by atoms with Gasteiger partial charge in [0.2, 0.25) is 19.7 Å². The number of nitrogens with one attached hydrogen (secondary N) is 2. The Hall–Kier alpha value is -7.03. The number of alkyl halides is 3. The van der Waals surface area contributed by atoms with Gasteiger partial charge < -0.3 is 19.8 Å². The van der Waals surface area contributed by atoms with Crippen molar-refractivity contribution in [3.8, 4) is 5.75 Å². The maximum absolute atomic E-state index is 12.9. The van der Waals surface area contributed by atoms with Gasteiger partial charge in [-0.15, -0.1) is 24.5 Å². The number of carbonyl (C=O) groups is 2. The van der Waals surface area contributed by atoms with Crippen LogP contribution in [0.4, 0.5) is 13.2 Å². The van der Waals surface area contributed by atoms with Gasteiger partial charge in [0.15, 0.2) is 5.03 Å². The van der Waals surface area contributed by atoms with Crippen LogP contribution in [-0.4, -0.2) is 59.3 Å². The number of amides is 2. The van der Waals surface area contributed by atoms with Crippen molar-refractivity contribution >= 4 is 58.6 Å². The first-order chi connectivity index (χ1) is 29.6. The lowest BCUT2D eigenvalue weighted by molar-refractivity contribution is -0.275. The maximum atomic E-state index is 12.9. The number of pyridine rings is 2. The zero-order valence-corrected chi connectivity index (χ0v) is 34.6. The van der Waals surface area contributed by atoms with Crippen LogP contribution in [0.2, 0.25) is 0 Å². The molecule has 0 unspecified atom stereocenters. The number of para-hydroxylation sites is 1. The van der Waals surface area contributed by atoms with Crippen LogP contribution >= 0.6 is 11.3 Å².